The van der Waals surface area contributed by atoms with E-state index < -0.39 is 0 Å². The largest absolute Gasteiger partial charge is 0.497 e. The third-order valence-electron chi connectivity index (χ3n) is 6.47. The fraction of sp³-hybridized carbons (Fsp3) is 0.609. The van der Waals surface area contributed by atoms with Crippen LogP contribution in [0.2, 0.25) is 0 Å². The van der Waals surface area contributed by atoms with Gasteiger partial charge in [0.05, 0.1) is 13.0 Å². The molecule has 8 nitrogen and oxygen atoms in total. The molecule has 0 radical (unpaired) electrons. The summed E-state index contributed by atoms with van der Waals surface area (Å²) in [5.74, 6) is 1.40. The first-order chi connectivity index (χ1) is 15.1. The molecule has 31 heavy (non-hydrogen) atoms. The van der Waals surface area contributed by atoms with Gasteiger partial charge in [0.25, 0.3) is 0 Å². The molecule has 2 aliphatic rings. The second kappa shape index (κ2) is 10.1. The third-order valence-corrected chi connectivity index (χ3v) is 6.47. The van der Waals surface area contributed by atoms with Gasteiger partial charge in [-0.3, -0.25) is 9.69 Å². The maximum Gasteiger partial charge on any atom is 0.324 e. The predicted octanol–water partition coefficient (Wildman–Crippen LogP) is 2.95. The van der Waals surface area contributed by atoms with Crippen molar-refractivity contribution in [3.63, 3.8) is 0 Å². The monoisotopic (exact) mass is 427 g/mol. The number of ether oxygens (including phenoxy) is 1. The van der Waals surface area contributed by atoms with Gasteiger partial charge >= 0.3 is 6.01 Å². The molecule has 2 aliphatic heterocycles. The van der Waals surface area contributed by atoms with E-state index in [2.05, 4.69) is 27.3 Å². The summed E-state index contributed by atoms with van der Waals surface area (Å²) in [6, 6.07) is 8.65. The molecule has 2 fully saturated rings. The smallest absolute Gasteiger partial charge is 0.324 e. The SMILES string of the molecule is COc1ccc(-c2noc(N3CCC[C@@H](C(=O)NCCN4CCCC[C@H]4C)C3)n2)cc1. The first-order valence-electron chi connectivity index (χ1n) is 11.4. The molecule has 0 aliphatic carbocycles. The molecule has 1 amide bonds. The highest BCUT2D eigenvalue weighted by molar-refractivity contribution is 5.79. The number of aromatic nitrogens is 2. The van der Waals surface area contributed by atoms with E-state index in [1.807, 2.05) is 29.2 Å². The zero-order chi connectivity index (χ0) is 21.6. The fourth-order valence-corrected chi connectivity index (χ4v) is 4.52. The lowest BCUT2D eigenvalue weighted by molar-refractivity contribution is -0.125. The molecule has 2 atom stereocenters. The lowest BCUT2D eigenvalue weighted by Crippen LogP contribution is -2.46. The van der Waals surface area contributed by atoms with E-state index in [1.165, 1.54) is 19.3 Å². The Labute approximate surface area is 183 Å². The average molecular weight is 428 g/mol. The summed E-state index contributed by atoms with van der Waals surface area (Å²) in [6.07, 6.45) is 5.66. The second-order valence-corrected chi connectivity index (χ2v) is 8.59. The van der Waals surface area contributed by atoms with E-state index in [0.29, 0.717) is 31.0 Å². The van der Waals surface area contributed by atoms with Gasteiger partial charge in [0.15, 0.2) is 0 Å². The van der Waals surface area contributed by atoms with Crippen LogP contribution in [0.15, 0.2) is 28.8 Å². The van der Waals surface area contributed by atoms with Crippen LogP contribution in [-0.4, -0.2) is 66.8 Å². The van der Waals surface area contributed by atoms with E-state index >= 15 is 0 Å². The normalized spacial score (nSPS) is 22.3. The fourth-order valence-electron chi connectivity index (χ4n) is 4.52. The van der Waals surface area contributed by atoms with Crippen molar-refractivity contribution >= 4 is 11.9 Å². The van der Waals surface area contributed by atoms with Crippen molar-refractivity contribution in [3.05, 3.63) is 24.3 Å². The first-order valence-corrected chi connectivity index (χ1v) is 11.4. The standard InChI is InChI=1S/C23H33N5O3/c1-17-6-3-4-13-27(17)15-12-24-22(29)19-7-5-14-28(16-19)23-25-21(26-31-23)18-8-10-20(30-2)11-9-18/h8-11,17,19H,3-7,12-16H2,1-2H3,(H,24,29)/t17-,19-/m1/s1. The van der Waals surface area contributed by atoms with Crippen molar-refractivity contribution in [1.82, 2.24) is 20.4 Å². The predicted molar refractivity (Wildman–Crippen MR) is 119 cm³/mol. The zero-order valence-corrected chi connectivity index (χ0v) is 18.5. The van der Waals surface area contributed by atoms with Gasteiger partial charge in [-0.05, 0) is 63.4 Å². The summed E-state index contributed by atoms with van der Waals surface area (Å²) in [5, 5.41) is 7.27. The summed E-state index contributed by atoms with van der Waals surface area (Å²) in [6.45, 7) is 6.49. The Hall–Kier alpha value is -2.61. The van der Waals surface area contributed by atoms with Crippen LogP contribution in [0.1, 0.15) is 39.0 Å². The Bertz CT molecular complexity index is 853. The number of hydrogen-bond donors (Lipinski definition) is 1. The van der Waals surface area contributed by atoms with Gasteiger partial charge in [-0.1, -0.05) is 11.6 Å². The molecule has 4 rings (SSSR count). The van der Waals surface area contributed by atoms with Crippen LogP contribution in [0.25, 0.3) is 11.4 Å². The van der Waals surface area contributed by atoms with Crippen LogP contribution < -0.4 is 15.0 Å². The molecule has 0 spiro atoms. The molecule has 168 valence electrons. The number of likely N-dealkylation sites (tertiary alicyclic amines) is 1. The highest BCUT2D eigenvalue weighted by Gasteiger charge is 2.29. The summed E-state index contributed by atoms with van der Waals surface area (Å²) in [7, 11) is 1.64. The Balaban J connectivity index is 1.29. The molecule has 2 aromatic rings. The first kappa shape index (κ1) is 21.6. The molecule has 0 bridgehead atoms. The Morgan fingerprint density at radius 3 is 2.81 bits per heavy atom. The van der Waals surface area contributed by atoms with Crippen LogP contribution in [0.5, 0.6) is 5.75 Å². The second-order valence-electron chi connectivity index (χ2n) is 8.59. The molecule has 1 aromatic carbocycles. The number of carbonyl (C=O) groups is 1. The molecule has 3 heterocycles. The zero-order valence-electron chi connectivity index (χ0n) is 18.5. The number of amides is 1. The molecule has 8 heteroatoms. The molecule has 0 saturated carbocycles. The van der Waals surface area contributed by atoms with Crippen molar-refractivity contribution in [2.45, 2.75) is 45.1 Å². The van der Waals surface area contributed by atoms with Crippen LogP contribution >= 0.6 is 0 Å². The van der Waals surface area contributed by atoms with Crippen LogP contribution in [-0.2, 0) is 4.79 Å². The van der Waals surface area contributed by atoms with Crippen molar-refractivity contribution in [1.29, 1.82) is 0 Å². The molecular formula is C23H33N5O3. The number of methoxy groups -OCH3 is 1. The van der Waals surface area contributed by atoms with E-state index in [1.54, 1.807) is 7.11 Å². The van der Waals surface area contributed by atoms with Gasteiger partial charge in [-0.15, -0.1) is 0 Å². The Morgan fingerprint density at radius 2 is 2.03 bits per heavy atom. The van der Waals surface area contributed by atoms with Crippen molar-refractivity contribution in [3.8, 4) is 17.1 Å². The van der Waals surface area contributed by atoms with Crippen molar-refractivity contribution in [2.24, 2.45) is 5.92 Å². The lowest BCUT2D eigenvalue weighted by atomic mass is 9.97. The van der Waals surface area contributed by atoms with Gasteiger partial charge < -0.3 is 19.5 Å². The van der Waals surface area contributed by atoms with Crippen LogP contribution in [0, 0.1) is 5.92 Å². The minimum Gasteiger partial charge on any atom is -0.497 e. The maximum atomic E-state index is 12.8. The number of piperidine rings is 2. The van der Waals surface area contributed by atoms with Gasteiger partial charge in [0, 0.05) is 37.8 Å². The Kier molecular flexibility index (Phi) is 7.06. The van der Waals surface area contributed by atoms with Crippen LogP contribution in [0.4, 0.5) is 6.01 Å². The lowest BCUT2D eigenvalue weighted by Gasteiger charge is -2.34. The number of nitrogens with zero attached hydrogens (tertiary/aromatic N) is 4. The number of carbonyl (C=O) groups excluding carboxylic acids is 1. The molecule has 2 saturated heterocycles. The van der Waals surface area contributed by atoms with E-state index in [4.69, 9.17) is 9.26 Å². The number of hydrogen-bond acceptors (Lipinski definition) is 7. The quantitative estimate of drug-likeness (QED) is 0.727. The van der Waals surface area contributed by atoms with Gasteiger partial charge in [-0.2, -0.15) is 4.98 Å². The van der Waals surface area contributed by atoms with Gasteiger partial charge in [-0.25, -0.2) is 0 Å². The number of nitrogens with one attached hydrogen (secondary N) is 1. The Morgan fingerprint density at radius 1 is 1.19 bits per heavy atom. The van der Waals surface area contributed by atoms with Gasteiger partial charge in [0.2, 0.25) is 11.7 Å². The third kappa shape index (κ3) is 5.36. The highest BCUT2D eigenvalue weighted by atomic mass is 16.5. The topological polar surface area (TPSA) is 83.7 Å². The van der Waals surface area contributed by atoms with E-state index in [0.717, 1.165) is 43.8 Å². The number of rotatable bonds is 7. The minimum absolute atomic E-state index is 0.0520. The van der Waals surface area contributed by atoms with Crippen molar-refractivity contribution in [2.75, 3.05) is 44.7 Å². The summed E-state index contributed by atoms with van der Waals surface area (Å²) < 4.78 is 10.7. The highest BCUT2D eigenvalue weighted by Crippen LogP contribution is 2.26. The van der Waals surface area contributed by atoms with E-state index in [-0.39, 0.29) is 11.8 Å². The molecular weight excluding hydrogens is 394 g/mol. The summed E-state index contributed by atoms with van der Waals surface area (Å²) >= 11 is 0. The van der Waals surface area contributed by atoms with E-state index in [9.17, 15) is 4.79 Å². The average Bonchev–Trinajstić information content (AvgIpc) is 3.31. The molecule has 0 unspecified atom stereocenters. The number of benzene rings is 1. The minimum atomic E-state index is -0.0520. The maximum absolute atomic E-state index is 12.8. The van der Waals surface area contributed by atoms with Crippen molar-refractivity contribution < 1.29 is 14.1 Å². The van der Waals surface area contributed by atoms with Gasteiger partial charge in [0.1, 0.15) is 5.75 Å². The van der Waals surface area contributed by atoms with Crippen LogP contribution in [0.3, 0.4) is 0 Å². The number of anilines is 1. The molecule has 1 aromatic heterocycles. The summed E-state index contributed by atoms with van der Waals surface area (Å²) in [5.41, 5.74) is 0.869. The molecule has 1 N–H and O–H groups in total. The summed E-state index contributed by atoms with van der Waals surface area (Å²) in [4.78, 5) is 21.8.